The van der Waals surface area contributed by atoms with E-state index in [1.807, 2.05) is 29.2 Å². The number of nitrogens with zero attached hydrogens (tertiary/aromatic N) is 2. The molecule has 0 bridgehead atoms. The number of hydrogen-bond donors (Lipinski definition) is 1. The summed E-state index contributed by atoms with van der Waals surface area (Å²) in [5.74, 6) is 1.54. The highest BCUT2D eigenvalue weighted by atomic mass is 16.5. The average Bonchev–Trinajstić information content (AvgIpc) is 3.30. The maximum atomic E-state index is 13.4. The van der Waals surface area contributed by atoms with E-state index in [0.29, 0.717) is 18.1 Å². The van der Waals surface area contributed by atoms with Crippen LogP contribution >= 0.6 is 0 Å². The normalized spacial score (nSPS) is 20.8. The summed E-state index contributed by atoms with van der Waals surface area (Å²) in [5.41, 5.74) is 1.13. The molecule has 2 fully saturated rings. The van der Waals surface area contributed by atoms with E-state index in [9.17, 15) is 9.59 Å². The zero-order valence-corrected chi connectivity index (χ0v) is 15.1. The Labute approximate surface area is 152 Å². The van der Waals surface area contributed by atoms with Crippen molar-refractivity contribution in [2.75, 3.05) is 13.7 Å². The van der Waals surface area contributed by atoms with E-state index in [0.717, 1.165) is 37.0 Å². The minimum Gasteiger partial charge on any atom is -0.497 e. The van der Waals surface area contributed by atoms with Crippen LogP contribution in [0.3, 0.4) is 0 Å². The monoisotopic (exact) mass is 353 g/mol. The predicted octanol–water partition coefficient (Wildman–Crippen LogP) is 2.48. The molecule has 1 aliphatic heterocycles. The van der Waals surface area contributed by atoms with Gasteiger partial charge in [-0.05, 0) is 50.3 Å². The summed E-state index contributed by atoms with van der Waals surface area (Å²) in [6.45, 7) is 2.51. The lowest BCUT2D eigenvalue weighted by molar-refractivity contribution is -0.135. The topological polar surface area (TPSA) is 75.3 Å². The third-order valence-electron chi connectivity index (χ3n) is 5.52. The van der Waals surface area contributed by atoms with Gasteiger partial charge < -0.3 is 14.6 Å². The molecule has 6 nitrogen and oxygen atoms in total. The van der Waals surface area contributed by atoms with Gasteiger partial charge in [0.2, 0.25) is 5.91 Å². The molecule has 0 spiro atoms. The molecule has 26 heavy (non-hydrogen) atoms. The number of aromatic amines is 1. The number of H-pyrrole nitrogens is 1. The smallest absolute Gasteiger partial charge is 0.251 e. The molecule has 1 atom stereocenters. The van der Waals surface area contributed by atoms with Gasteiger partial charge in [-0.1, -0.05) is 12.1 Å². The molecule has 1 aromatic carbocycles. The molecule has 6 heteroatoms. The summed E-state index contributed by atoms with van der Waals surface area (Å²) in [6, 6.07) is 9.12. The molecule has 1 saturated heterocycles. The first-order valence-electron chi connectivity index (χ1n) is 9.07. The van der Waals surface area contributed by atoms with Gasteiger partial charge in [-0.15, -0.1) is 0 Å². The number of rotatable bonds is 4. The Kier molecular flexibility index (Phi) is 4.05. The summed E-state index contributed by atoms with van der Waals surface area (Å²) < 4.78 is 5.22. The molecule has 4 rings (SSSR count). The minimum atomic E-state index is -0.432. The van der Waals surface area contributed by atoms with Crippen LogP contribution in [0.25, 0.3) is 0 Å². The molecule has 2 aliphatic rings. The highest BCUT2D eigenvalue weighted by Crippen LogP contribution is 2.51. The van der Waals surface area contributed by atoms with Crippen molar-refractivity contribution in [3.8, 4) is 5.75 Å². The number of hydrogen-bond acceptors (Lipinski definition) is 4. The summed E-state index contributed by atoms with van der Waals surface area (Å²) in [7, 11) is 1.64. The van der Waals surface area contributed by atoms with Crippen molar-refractivity contribution in [2.45, 2.75) is 44.1 Å². The van der Waals surface area contributed by atoms with Crippen LogP contribution in [0.2, 0.25) is 0 Å². The van der Waals surface area contributed by atoms with Gasteiger partial charge in [0.1, 0.15) is 11.6 Å². The van der Waals surface area contributed by atoms with Crippen LogP contribution in [0.1, 0.15) is 48.8 Å². The predicted molar refractivity (Wildman–Crippen MR) is 97.2 cm³/mol. The highest BCUT2D eigenvalue weighted by molar-refractivity contribution is 5.91. The van der Waals surface area contributed by atoms with Crippen LogP contribution < -0.4 is 10.3 Å². The molecule has 1 aromatic heterocycles. The fourth-order valence-electron chi connectivity index (χ4n) is 3.99. The van der Waals surface area contributed by atoms with Gasteiger partial charge in [-0.25, -0.2) is 4.98 Å². The summed E-state index contributed by atoms with van der Waals surface area (Å²) >= 11 is 0. The maximum Gasteiger partial charge on any atom is 0.251 e. The molecule has 2 heterocycles. The number of benzene rings is 1. The zero-order chi connectivity index (χ0) is 18.3. The summed E-state index contributed by atoms with van der Waals surface area (Å²) in [6.07, 6.45) is 3.47. The van der Waals surface area contributed by atoms with E-state index in [1.165, 1.54) is 6.07 Å². The number of aromatic nitrogens is 2. The third kappa shape index (κ3) is 2.79. The lowest BCUT2D eigenvalue weighted by Gasteiger charge is -2.28. The number of carbonyl (C=O) groups is 1. The summed E-state index contributed by atoms with van der Waals surface area (Å²) in [5, 5.41) is 0. The molecule has 2 aromatic rings. The first kappa shape index (κ1) is 16.8. The van der Waals surface area contributed by atoms with E-state index < -0.39 is 5.41 Å². The molecule has 1 unspecified atom stereocenters. The fraction of sp³-hybridized carbons (Fsp3) is 0.450. The Balaban J connectivity index is 1.63. The van der Waals surface area contributed by atoms with E-state index in [1.54, 1.807) is 14.0 Å². The number of ether oxygens (including phenoxy) is 1. The standard InChI is InChI=1S/C20H23N3O3/c1-13-12-17(24)22-18(21-13)16-4-3-11-23(16)19(25)20(9-10-20)14-5-7-15(26-2)8-6-14/h5-8,12,16H,3-4,9-11H2,1-2H3,(H,21,22,24). The van der Waals surface area contributed by atoms with Gasteiger partial charge in [0, 0.05) is 18.3 Å². The van der Waals surface area contributed by atoms with Gasteiger partial charge in [0.05, 0.1) is 18.6 Å². The lowest BCUT2D eigenvalue weighted by atomic mass is 9.93. The van der Waals surface area contributed by atoms with Gasteiger partial charge in [0.15, 0.2) is 0 Å². The van der Waals surface area contributed by atoms with Gasteiger partial charge in [-0.3, -0.25) is 9.59 Å². The van der Waals surface area contributed by atoms with Crippen molar-refractivity contribution in [3.05, 3.63) is 57.8 Å². The average molecular weight is 353 g/mol. The second-order valence-corrected chi connectivity index (χ2v) is 7.24. The molecule has 1 saturated carbocycles. The van der Waals surface area contributed by atoms with Gasteiger partial charge in [-0.2, -0.15) is 0 Å². The van der Waals surface area contributed by atoms with Crippen molar-refractivity contribution >= 4 is 5.91 Å². The molecule has 1 N–H and O–H groups in total. The zero-order valence-electron chi connectivity index (χ0n) is 15.1. The lowest BCUT2D eigenvalue weighted by Crippen LogP contribution is -2.39. The second-order valence-electron chi connectivity index (χ2n) is 7.24. The Morgan fingerprint density at radius 1 is 1.31 bits per heavy atom. The third-order valence-corrected chi connectivity index (χ3v) is 5.52. The largest absolute Gasteiger partial charge is 0.497 e. The molecular weight excluding hydrogens is 330 g/mol. The van der Waals surface area contributed by atoms with Gasteiger partial charge >= 0.3 is 0 Å². The molecule has 136 valence electrons. The van der Waals surface area contributed by atoms with Crippen molar-refractivity contribution in [2.24, 2.45) is 0 Å². The van der Waals surface area contributed by atoms with Crippen LogP contribution in [0, 0.1) is 6.92 Å². The van der Waals surface area contributed by atoms with E-state index in [2.05, 4.69) is 9.97 Å². The maximum absolute atomic E-state index is 13.4. The fourth-order valence-corrected chi connectivity index (χ4v) is 3.99. The number of amides is 1. The van der Waals surface area contributed by atoms with Crippen molar-refractivity contribution in [1.29, 1.82) is 0 Å². The quantitative estimate of drug-likeness (QED) is 0.916. The Hall–Kier alpha value is -2.63. The van der Waals surface area contributed by atoms with Crippen LogP contribution in [-0.4, -0.2) is 34.4 Å². The van der Waals surface area contributed by atoms with Crippen molar-refractivity contribution < 1.29 is 9.53 Å². The number of aryl methyl sites for hydroxylation is 1. The minimum absolute atomic E-state index is 0.147. The van der Waals surface area contributed by atoms with E-state index in [-0.39, 0.29) is 17.5 Å². The molecule has 0 radical (unpaired) electrons. The van der Waals surface area contributed by atoms with Crippen LogP contribution in [-0.2, 0) is 10.2 Å². The van der Waals surface area contributed by atoms with E-state index >= 15 is 0 Å². The Morgan fingerprint density at radius 3 is 2.65 bits per heavy atom. The number of carbonyl (C=O) groups excluding carboxylic acids is 1. The number of likely N-dealkylation sites (tertiary alicyclic amines) is 1. The molecule has 1 amide bonds. The van der Waals surface area contributed by atoms with Crippen LogP contribution in [0.15, 0.2) is 35.1 Å². The number of nitrogens with one attached hydrogen (secondary N) is 1. The van der Waals surface area contributed by atoms with Crippen LogP contribution in [0.5, 0.6) is 5.75 Å². The molecule has 1 aliphatic carbocycles. The van der Waals surface area contributed by atoms with Crippen LogP contribution in [0.4, 0.5) is 0 Å². The van der Waals surface area contributed by atoms with Gasteiger partial charge in [0.25, 0.3) is 5.56 Å². The number of methoxy groups -OCH3 is 1. The van der Waals surface area contributed by atoms with Crippen molar-refractivity contribution in [1.82, 2.24) is 14.9 Å². The summed E-state index contributed by atoms with van der Waals surface area (Å²) in [4.78, 5) is 34.5. The SMILES string of the molecule is COc1ccc(C2(C(=O)N3CCCC3c3nc(C)cc(=O)[nH]3)CC2)cc1. The van der Waals surface area contributed by atoms with E-state index in [4.69, 9.17) is 4.74 Å². The second kappa shape index (κ2) is 6.27. The van der Waals surface area contributed by atoms with Crippen molar-refractivity contribution in [3.63, 3.8) is 0 Å². The first-order chi connectivity index (χ1) is 12.5. The Morgan fingerprint density at radius 2 is 2.04 bits per heavy atom. The molecular formula is C20H23N3O3. The Bertz CT molecular complexity index is 884. The first-order valence-corrected chi connectivity index (χ1v) is 9.07. The highest BCUT2D eigenvalue weighted by Gasteiger charge is 2.54.